The molecule has 0 bridgehead atoms. The molecule has 0 aromatic rings. The van der Waals surface area contributed by atoms with Crippen molar-refractivity contribution >= 4 is 5.96 Å². The van der Waals surface area contributed by atoms with E-state index in [0.29, 0.717) is 6.04 Å². The summed E-state index contributed by atoms with van der Waals surface area (Å²) in [6, 6.07) is 0.677. The third kappa shape index (κ3) is 5.67. The predicted molar refractivity (Wildman–Crippen MR) is 85.3 cm³/mol. The van der Waals surface area contributed by atoms with E-state index in [1.54, 1.807) is 0 Å². The molecule has 2 aliphatic rings. The first-order valence-corrected chi connectivity index (χ1v) is 8.23. The van der Waals surface area contributed by atoms with Gasteiger partial charge in [0.2, 0.25) is 0 Å². The van der Waals surface area contributed by atoms with E-state index in [-0.39, 0.29) is 0 Å². The molecule has 0 aromatic heterocycles. The lowest BCUT2D eigenvalue weighted by molar-refractivity contribution is 0.136. The van der Waals surface area contributed by atoms with Gasteiger partial charge in [0.25, 0.3) is 0 Å². The molecule has 2 rings (SSSR count). The van der Waals surface area contributed by atoms with Crippen molar-refractivity contribution in [1.29, 1.82) is 0 Å². The summed E-state index contributed by atoms with van der Waals surface area (Å²) in [7, 11) is 1.85. The molecule has 1 saturated heterocycles. The minimum atomic E-state index is 0.677. The van der Waals surface area contributed by atoms with Crippen LogP contribution in [-0.2, 0) is 0 Å². The van der Waals surface area contributed by atoms with Crippen LogP contribution < -0.4 is 10.6 Å². The van der Waals surface area contributed by atoms with Gasteiger partial charge in [-0.2, -0.15) is 0 Å². The van der Waals surface area contributed by atoms with Crippen molar-refractivity contribution in [3.8, 4) is 0 Å². The van der Waals surface area contributed by atoms with Gasteiger partial charge in [0.15, 0.2) is 5.96 Å². The van der Waals surface area contributed by atoms with Crippen LogP contribution in [0.3, 0.4) is 0 Å². The van der Waals surface area contributed by atoms with Crippen LogP contribution >= 0.6 is 0 Å². The largest absolute Gasteiger partial charge is 0.356 e. The Morgan fingerprint density at radius 1 is 1.10 bits per heavy atom. The van der Waals surface area contributed by atoms with Crippen LogP contribution in [0.15, 0.2) is 4.99 Å². The molecule has 1 aliphatic heterocycles. The van der Waals surface area contributed by atoms with E-state index in [4.69, 9.17) is 0 Å². The van der Waals surface area contributed by atoms with Crippen molar-refractivity contribution in [2.45, 2.75) is 38.6 Å². The Morgan fingerprint density at radius 2 is 1.80 bits per heavy atom. The topological polar surface area (TPSA) is 42.9 Å². The Balaban J connectivity index is 1.47. The van der Waals surface area contributed by atoms with Gasteiger partial charge in [-0.1, -0.05) is 6.92 Å². The third-order valence-electron chi connectivity index (χ3n) is 4.25. The highest BCUT2D eigenvalue weighted by molar-refractivity contribution is 5.80. The molecular formula is C15H31N5. The minimum Gasteiger partial charge on any atom is -0.356 e. The molecule has 5 nitrogen and oxygen atoms in total. The fraction of sp³-hybridized carbons (Fsp3) is 0.933. The van der Waals surface area contributed by atoms with Gasteiger partial charge in [-0.3, -0.25) is 4.99 Å². The van der Waals surface area contributed by atoms with Crippen molar-refractivity contribution in [3.05, 3.63) is 0 Å². The van der Waals surface area contributed by atoms with E-state index in [2.05, 4.69) is 32.3 Å². The Morgan fingerprint density at radius 3 is 2.40 bits per heavy atom. The summed E-state index contributed by atoms with van der Waals surface area (Å²) in [4.78, 5) is 9.39. The third-order valence-corrected chi connectivity index (χ3v) is 4.25. The number of hydrogen-bond donors (Lipinski definition) is 2. The zero-order valence-electron chi connectivity index (χ0n) is 13.2. The van der Waals surface area contributed by atoms with Crippen LogP contribution in [0.4, 0.5) is 0 Å². The fourth-order valence-electron chi connectivity index (χ4n) is 2.61. The van der Waals surface area contributed by atoms with E-state index in [9.17, 15) is 0 Å². The van der Waals surface area contributed by atoms with Crippen molar-refractivity contribution in [1.82, 2.24) is 20.4 Å². The van der Waals surface area contributed by atoms with Crippen LogP contribution in [0.2, 0.25) is 0 Å². The first-order chi connectivity index (χ1) is 9.81. The second-order valence-corrected chi connectivity index (χ2v) is 5.90. The standard InChI is InChI=1S/C15H31N5/c1-3-19-10-12-20(13-11-19)9-5-4-8-17-15(16-2)18-14-6-7-14/h14H,3-13H2,1-2H3,(H2,16,17,18). The first-order valence-electron chi connectivity index (χ1n) is 8.23. The number of piperazine rings is 1. The number of likely N-dealkylation sites (N-methyl/N-ethyl adjacent to an activating group) is 1. The Labute approximate surface area is 123 Å². The van der Waals surface area contributed by atoms with E-state index in [0.717, 1.165) is 12.5 Å². The zero-order chi connectivity index (χ0) is 14.2. The monoisotopic (exact) mass is 281 g/mol. The number of guanidine groups is 1. The molecule has 0 atom stereocenters. The van der Waals surface area contributed by atoms with Crippen molar-refractivity contribution < 1.29 is 0 Å². The summed E-state index contributed by atoms with van der Waals surface area (Å²) in [5, 5.41) is 6.82. The van der Waals surface area contributed by atoms with Gasteiger partial charge in [-0.25, -0.2) is 0 Å². The van der Waals surface area contributed by atoms with Gasteiger partial charge in [-0.15, -0.1) is 0 Å². The molecule has 2 N–H and O–H groups in total. The zero-order valence-corrected chi connectivity index (χ0v) is 13.2. The maximum absolute atomic E-state index is 4.25. The maximum Gasteiger partial charge on any atom is 0.191 e. The molecule has 116 valence electrons. The number of nitrogens with one attached hydrogen (secondary N) is 2. The lowest BCUT2D eigenvalue weighted by atomic mass is 10.2. The molecule has 2 fully saturated rings. The van der Waals surface area contributed by atoms with E-state index in [1.807, 2.05) is 7.05 Å². The van der Waals surface area contributed by atoms with Crippen molar-refractivity contribution in [2.24, 2.45) is 4.99 Å². The summed E-state index contributed by atoms with van der Waals surface area (Å²) in [5.74, 6) is 0.976. The number of nitrogens with zero attached hydrogens (tertiary/aromatic N) is 3. The summed E-state index contributed by atoms with van der Waals surface area (Å²) in [6.07, 6.45) is 5.09. The molecule has 0 spiro atoms. The highest BCUT2D eigenvalue weighted by atomic mass is 15.3. The summed E-state index contributed by atoms with van der Waals surface area (Å²) in [6.45, 7) is 10.7. The molecule has 5 heteroatoms. The molecule has 20 heavy (non-hydrogen) atoms. The SMILES string of the molecule is CCN1CCN(CCCCNC(=NC)NC2CC2)CC1. The Bertz CT molecular complexity index is 293. The van der Waals surface area contributed by atoms with Crippen LogP contribution in [0.25, 0.3) is 0 Å². The van der Waals surface area contributed by atoms with Crippen LogP contribution in [0.1, 0.15) is 32.6 Å². The van der Waals surface area contributed by atoms with Crippen molar-refractivity contribution in [2.75, 3.05) is 52.9 Å². The number of aliphatic imine (C=N–C) groups is 1. The van der Waals surface area contributed by atoms with Crippen LogP contribution in [-0.4, -0.2) is 74.7 Å². The predicted octanol–water partition coefficient (Wildman–Crippen LogP) is 0.732. The maximum atomic E-state index is 4.25. The Kier molecular flexibility index (Phi) is 6.60. The summed E-state index contributed by atoms with van der Waals surface area (Å²) in [5.41, 5.74) is 0. The van der Waals surface area contributed by atoms with Gasteiger partial charge in [-0.05, 0) is 38.8 Å². The molecular weight excluding hydrogens is 250 g/mol. The highest BCUT2D eigenvalue weighted by Crippen LogP contribution is 2.18. The summed E-state index contributed by atoms with van der Waals surface area (Å²) >= 11 is 0. The normalized spacial score (nSPS) is 22.0. The van der Waals surface area contributed by atoms with Crippen LogP contribution in [0, 0.1) is 0 Å². The highest BCUT2D eigenvalue weighted by Gasteiger charge is 2.21. The van der Waals surface area contributed by atoms with Gasteiger partial charge < -0.3 is 20.4 Å². The molecule has 0 radical (unpaired) electrons. The minimum absolute atomic E-state index is 0.677. The van der Waals surface area contributed by atoms with Crippen LogP contribution in [0.5, 0.6) is 0 Å². The van der Waals surface area contributed by atoms with Gasteiger partial charge in [0.1, 0.15) is 0 Å². The van der Waals surface area contributed by atoms with E-state index in [1.165, 1.54) is 65.0 Å². The first kappa shape index (κ1) is 15.6. The Hall–Kier alpha value is -0.810. The number of unbranched alkanes of at least 4 members (excludes halogenated alkanes) is 1. The molecule has 0 amide bonds. The number of rotatable bonds is 7. The molecule has 1 saturated carbocycles. The average molecular weight is 281 g/mol. The molecule has 0 unspecified atom stereocenters. The van der Waals surface area contributed by atoms with Gasteiger partial charge >= 0.3 is 0 Å². The lowest BCUT2D eigenvalue weighted by Crippen LogP contribution is -2.46. The molecule has 1 aliphatic carbocycles. The van der Waals surface area contributed by atoms with Gasteiger partial charge in [0.05, 0.1) is 0 Å². The van der Waals surface area contributed by atoms with E-state index < -0.39 is 0 Å². The van der Waals surface area contributed by atoms with Gasteiger partial charge in [0, 0.05) is 45.8 Å². The molecule has 0 aromatic carbocycles. The van der Waals surface area contributed by atoms with E-state index >= 15 is 0 Å². The van der Waals surface area contributed by atoms with Crippen molar-refractivity contribution in [3.63, 3.8) is 0 Å². The molecule has 1 heterocycles. The number of hydrogen-bond acceptors (Lipinski definition) is 3. The second-order valence-electron chi connectivity index (χ2n) is 5.90. The fourth-order valence-corrected chi connectivity index (χ4v) is 2.61. The summed E-state index contributed by atoms with van der Waals surface area (Å²) < 4.78 is 0. The average Bonchev–Trinajstić information content (AvgIpc) is 3.30. The second kappa shape index (κ2) is 8.47. The lowest BCUT2D eigenvalue weighted by Gasteiger charge is -2.34. The quantitative estimate of drug-likeness (QED) is 0.410. The smallest absolute Gasteiger partial charge is 0.191 e.